The van der Waals surface area contributed by atoms with Gasteiger partial charge in [0.05, 0.1) is 13.2 Å². The van der Waals surface area contributed by atoms with Crippen LogP contribution < -0.4 is 9.64 Å². The lowest BCUT2D eigenvalue weighted by Gasteiger charge is -2.44. The van der Waals surface area contributed by atoms with E-state index in [0.717, 1.165) is 16.9 Å². The number of hydrogen-bond donors (Lipinski definition) is 2. The fourth-order valence-electron chi connectivity index (χ4n) is 3.57. The van der Waals surface area contributed by atoms with E-state index in [9.17, 15) is 15.0 Å². The van der Waals surface area contributed by atoms with Crippen LogP contribution in [0.25, 0.3) is 0 Å². The van der Waals surface area contributed by atoms with Gasteiger partial charge in [-0.25, -0.2) is 4.98 Å². The molecule has 6 nitrogen and oxygen atoms in total. The first-order chi connectivity index (χ1) is 12.4. The second kappa shape index (κ2) is 7.33. The highest BCUT2D eigenvalue weighted by atomic mass is 16.5. The Morgan fingerprint density at radius 3 is 2.88 bits per heavy atom. The van der Waals surface area contributed by atoms with Crippen molar-refractivity contribution in [3.05, 3.63) is 53.7 Å². The van der Waals surface area contributed by atoms with Crippen molar-refractivity contribution >= 4 is 11.8 Å². The molecule has 2 heterocycles. The zero-order valence-corrected chi connectivity index (χ0v) is 15.1. The summed E-state index contributed by atoms with van der Waals surface area (Å²) in [4.78, 5) is 18.6. The van der Waals surface area contributed by atoms with Crippen LogP contribution in [-0.4, -0.2) is 47.5 Å². The summed E-state index contributed by atoms with van der Waals surface area (Å²) in [5.41, 5.74) is 0.593. The van der Waals surface area contributed by atoms with Crippen molar-refractivity contribution in [3.8, 4) is 5.75 Å². The monoisotopic (exact) mass is 356 g/mol. The molecule has 1 aromatic carbocycles. The van der Waals surface area contributed by atoms with E-state index in [1.807, 2.05) is 48.2 Å². The summed E-state index contributed by atoms with van der Waals surface area (Å²) in [6.45, 7) is 2.76. The molecule has 1 aliphatic heterocycles. The molecule has 0 aliphatic carbocycles. The molecule has 0 amide bonds. The Morgan fingerprint density at radius 2 is 2.19 bits per heavy atom. The zero-order valence-electron chi connectivity index (χ0n) is 15.1. The first-order valence-corrected chi connectivity index (χ1v) is 8.66. The van der Waals surface area contributed by atoms with Gasteiger partial charge in [-0.1, -0.05) is 12.1 Å². The van der Waals surface area contributed by atoms with E-state index in [0.29, 0.717) is 18.7 Å². The maximum absolute atomic E-state index is 12.3. The Morgan fingerprint density at radius 1 is 1.38 bits per heavy atom. The molecule has 2 aromatic rings. The summed E-state index contributed by atoms with van der Waals surface area (Å²) in [6.07, 6.45) is 1.40. The summed E-state index contributed by atoms with van der Waals surface area (Å²) in [5.74, 6) is 0.420. The Kier molecular flexibility index (Phi) is 5.13. The molecular weight excluding hydrogens is 332 g/mol. The number of aryl methyl sites for hydroxylation is 1. The maximum atomic E-state index is 12.3. The van der Waals surface area contributed by atoms with Crippen molar-refractivity contribution in [1.82, 2.24) is 4.98 Å². The standard InChI is InChI=1S/C20H24N2O4/c1-14-6-8-21-18(10-14)22-9-7-17(23)20(13-22,19(24)25)12-15-4-3-5-16(11-15)26-2/h3-6,8,10-11,17,23H,7,9,12-13H2,1-2H3,(H,24,25)/t17-,20-/m1/s1. The third-order valence-electron chi connectivity index (χ3n) is 5.09. The number of aliphatic hydroxyl groups is 1. The number of pyridine rings is 1. The van der Waals surface area contributed by atoms with Gasteiger partial charge >= 0.3 is 5.97 Å². The number of aliphatic carboxylic acids is 1. The molecule has 1 aliphatic rings. The molecule has 26 heavy (non-hydrogen) atoms. The Hall–Kier alpha value is -2.60. The fourth-order valence-corrected chi connectivity index (χ4v) is 3.57. The van der Waals surface area contributed by atoms with E-state index in [-0.39, 0.29) is 13.0 Å². The second-order valence-corrected chi connectivity index (χ2v) is 6.91. The summed E-state index contributed by atoms with van der Waals surface area (Å²) in [5, 5.41) is 20.7. The molecule has 1 saturated heterocycles. The van der Waals surface area contributed by atoms with E-state index in [1.165, 1.54) is 0 Å². The topological polar surface area (TPSA) is 82.9 Å². The van der Waals surface area contributed by atoms with Crippen molar-refractivity contribution in [3.63, 3.8) is 0 Å². The van der Waals surface area contributed by atoms with Gasteiger partial charge in [-0.05, 0) is 55.2 Å². The van der Waals surface area contributed by atoms with Crippen LogP contribution in [0.15, 0.2) is 42.6 Å². The molecule has 0 unspecified atom stereocenters. The lowest BCUT2D eigenvalue weighted by Crippen LogP contribution is -2.57. The van der Waals surface area contributed by atoms with Crippen LogP contribution in [-0.2, 0) is 11.2 Å². The Balaban J connectivity index is 1.93. The average Bonchev–Trinajstić information content (AvgIpc) is 2.63. The first kappa shape index (κ1) is 18.2. The number of benzene rings is 1. The minimum absolute atomic E-state index is 0.206. The van der Waals surface area contributed by atoms with E-state index < -0.39 is 17.5 Å². The van der Waals surface area contributed by atoms with Gasteiger partial charge in [0, 0.05) is 19.3 Å². The number of rotatable bonds is 5. The third kappa shape index (κ3) is 3.51. The summed E-state index contributed by atoms with van der Waals surface area (Å²) >= 11 is 0. The number of hydrogen-bond acceptors (Lipinski definition) is 5. The average molecular weight is 356 g/mol. The van der Waals surface area contributed by atoms with Gasteiger partial charge in [0.2, 0.25) is 0 Å². The van der Waals surface area contributed by atoms with Crippen LogP contribution in [0, 0.1) is 12.3 Å². The predicted octanol–water partition coefficient (Wildman–Crippen LogP) is 2.28. The highest BCUT2D eigenvalue weighted by molar-refractivity contribution is 5.77. The van der Waals surface area contributed by atoms with E-state index in [2.05, 4.69) is 4.98 Å². The van der Waals surface area contributed by atoms with Gasteiger partial charge < -0.3 is 19.8 Å². The van der Waals surface area contributed by atoms with Gasteiger partial charge in [-0.15, -0.1) is 0 Å². The zero-order chi connectivity index (χ0) is 18.7. The van der Waals surface area contributed by atoms with Crippen molar-refractivity contribution in [2.75, 3.05) is 25.1 Å². The van der Waals surface area contributed by atoms with Gasteiger partial charge in [-0.2, -0.15) is 0 Å². The smallest absolute Gasteiger partial charge is 0.314 e. The molecule has 2 atom stereocenters. The quantitative estimate of drug-likeness (QED) is 0.855. The number of methoxy groups -OCH3 is 1. The van der Waals surface area contributed by atoms with Crippen LogP contribution in [0.1, 0.15) is 17.5 Å². The lowest BCUT2D eigenvalue weighted by atomic mass is 9.73. The molecule has 1 aromatic heterocycles. The normalized spacial score (nSPS) is 22.9. The van der Waals surface area contributed by atoms with Gasteiger partial charge in [0.1, 0.15) is 17.0 Å². The molecule has 138 valence electrons. The number of carboxylic acids is 1. The number of aliphatic hydroxyl groups excluding tert-OH is 1. The van der Waals surface area contributed by atoms with Crippen molar-refractivity contribution < 1.29 is 19.7 Å². The third-order valence-corrected chi connectivity index (χ3v) is 5.09. The van der Waals surface area contributed by atoms with E-state index in [4.69, 9.17) is 4.74 Å². The Bertz CT molecular complexity index is 795. The lowest BCUT2D eigenvalue weighted by molar-refractivity contribution is -0.157. The fraction of sp³-hybridized carbons (Fsp3) is 0.400. The van der Waals surface area contributed by atoms with Crippen LogP contribution in [0.4, 0.5) is 5.82 Å². The number of aromatic nitrogens is 1. The largest absolute Gasteiger partial charge is 0.497 e. The van der Waals surface area contributed by atoms with Crippen molar-refractivity contribution in [1.29, 1.82) is 0 Å². The number of nitrogens with zero attached hydrogens (tertiary/aromatic N) is 2. The molecule has 0 bridgehead atoms. The summed E-state index contributed by atoms with van der Waals surface area (Å²) in [6, 6.07) is 11.2. The van der Waals surface area contributed by atoms with Gasteiger partial charge in [0.15, 0.2) is 0 Å². The van der Waals surface area contributed by atoms with Crippen LogP contribution in [0.5, 0.6) is 5.75 Å². The van der Waals surface area contributed by atoms with Gasteiger partial charge in [0.25, 0.3) is 0 Å². The highest BCUT2D eigenvalue weighted by Crippen LogP contribution is 2.36. The summed E-state index contributed by atoms with van der Waals surface area (Å²) in [7, 11) is 1.58. The molecule has 0 radical (unpaired) electrons. The van der Waals surface area contributed by atoms with Crippen molar-refractivity contribution in [2.24, 2.45) is 5.41 Å². The Labute approximate surface area is 153 Å². The molecular formula is C20H24N2O4. The number of ether oxygens (including phenoxy) is 1. The van der Waals surface area contributed by atoms with Crippen LogP contribution in [0.2, 0.25) is 0 Å². The van der Waals surface area contributed by atoms with Gasteiger partial charge in [-0.3, -0.25) is 4.79 Å². The minimum atomic E-state index is -1.30. The molecule has 6 heteroatoms. The van der Waals surface area contributed by atoms with E-state index >= 15 is 0 Å². The maximum Gasteiger partial charge on any atom is 0.314 e. The summed E-state index contributed by atoms with van der Waals surface area (Å²) < 4.78 is 5.24. The molecule has 1 fully saturated rings. The van der Waals surface area contributed by atoms with Crippen LogP contribution in [0.3, 0.4) is 0 Å². The molecule has 2 N–H and O–H groups in total. The second-order valence-electron chi connectivity index (χ2n) is 6.91. The van der Waals surface area contributed by atoms with E-state index in [1.54, 1.807) is 13.3 Å². The van der Waals surface area contributed by atoms with Crippen LogP contribution >= 0.6 is 0 Å². The number of anilines is 1. The number of carbonyl (C=O) groups is 1. The SMILES string of the molecule is COc1cccc(C[C@@]2(C(=O)O)CN(c3cc(C)ccn3)CC[C@H]2O)c1. The molecule has 0 spiro atoms. The molecule has 3 rings (SSSR count). The van der Waals surface area contributed by atoms with Crippen molar-refractivity contribution in [2.45, 2.75) is 25.9 Å². The minimum Gasteiger partial charge on any atom is -0.497 e. The predicted molar refractivity (Wildman–Crippen MR) is 98.6 cm³/mol. The highest BCUT2D eigenvalue weighted by Gasteiger charge is 2.49. The first-order valence-electron chi connectivity index (χ1n) is 8.66. The number of carboxylic acid groups (broad SMARTS) is 1. The molecule has 0 saturated carbocycles. The number of piperidine rings is 1.